The number of hydrogen-bond donors (Lipinski definition) is 0. The fourth-order valence-electron chi connectivity index (χ4n) is 4.89. The molecule has 3 aliphatic carbocycles. The number of amides is 1. The van der Waals surface area contributed by atoms with Gasteiger partial charge in [-0.2, -0.15) is 0 Å². The minimum atomic E-state index is 0.0895. The summed E-state index contributed by atoms with van der Waals surface area (Å²) in [6, 6.07) is 0. The quantitative estimate of drug-likeness (QED) is 0.713. The van der Waals surface area contributed by atoms with Gasteiger partial charge < -0.3 is 9.64 Å². The Hall–Kier alpha value is -0.570. The van der Waals surface area contributed by atoms with Crippen molar-refractivity contribution in [2.24, 2.45) is 17.8 Å². The fraction of sp³-hybridized carbons (Fsp3) is 0.933. The SMILES string of the molecule is O=C(C1C2CCCC21)N1CCOCC12CCCC2. The van der Waals surface area contributed by atoms with Gasteiger partial charge in [-0.15, -0.1) is 0 Å². The lowest BCUT2D eigenvalue weighted by molar-refractivity contribution is -0.151. The van der Waals surface area contributed by atoms with Crippen LogP contribution in [0.4, 0.5) is 0 Å². The summed E-state index contributed by atoms with van der Waals surface area (Å²) in [5, 5.41) is 0. The largest absolute Gasteiger partial charge is 0.377 e. The van der Waals surface area contributed by atoms with Crippen molar-refractivity contribution >= 4 is 5.91 Å². The van der Waals surface area contributed by atoms with Crippen LogP contribution in [0.5, 0.6) is 0 Å². The molecule has 4 aliphatic rings. The first-order chi connectivity index (χ1) is 8.82. The maximum atomic E-state index is 12.8. The van der Waals surface area contributed by atoms with Gasteiger partial charge in [0.15, 0.2) is 0 Å². The third-order valence-corrected chi connectivity index (χ3v) is 5.89. The summed E-state index contributed by atoms with van der Waals surface area (Å²) in [7, 11) is 0. The molecule has 0 radical (unpaired) electrons. The minimum absolute atomic E-state index is 0.0895. The average Bonchev–Trinajstić information content (AvgIpc) is 2.79. The molecular formula is C15H23NO2. The summed E-state index contributed by atoms with van der Waals surface area (Å²) in [4.78, 5) is 15.0. The molecule has 3 nitrogen and oxygen atoms in total. The Morgan fingerprint density at radius 2 is 1.83 bits per heavy atom. The molecule has 18 heavy (non-hydrogen) atoms. The van der Waals surface area contributed by atoms with Gasteiger partial charge in [0.25, 0.3) is 0 Å². The van der Waals surface area contributed by atoms with Gasteiger partial charge in [-0.05, 0) is 37.5 Å². The number of morpholine rings is 1. The van der Waals surface area contributed by atoms with Crippen LogP contribution in [-0.2, 0) is 9.53 Å². The molecule has 0 N–H and O–H groups in total. The van der Waals surface area contributed by atoms with E-state index in [1.165, 1.54) is 44.9 Å². The van der Waals surface area contributed by atoms with Crippen LogP contribution in [0.3, 0.4) is 0 Å². The third-order valence-electron chi connectivity index (χ3n) is 5.89. The van der Waals surface area contributed by atoms with Crippen molar-refractivity contribution in [2.45, 2.75) is 50.5 Å². The predicted molar refractivity (Wildman–Crippen MR) is 68.1 cm³/mol. The van der Waals surface area contributed by atoms with Gasteiger partial charge >= 0.3 is 0 Å². The van der Waals surface area contributed by atoms with Crippen molar-refractivity contribution in [3.63, 3.8) is 0 Å². The lowest BCUT2D eigenvalue weighted by atomic mass is 9.93. The van der Waals surface area contributed by atoms with Crippen LogP contribution < -0.4 is 0 Å². The van der Waals surface area contributed by atoms with Gasteiger partial charge in [0.1, 0.15) is 0 Å². The lowest BCUT2D eigenvalue weighted by Crippen LogP contribution is -2.58. The average molecular weight is 249 g/mol. The van der Waals surface area contributed by atoms with Crippen LogP contribution in [0.2, 0.25) is 0 Å². The third kappa shape index (κ3) is 1.49. The van der Waals surface area contributed by atoms with Crippen LogP contribution in [0, 0.1) is 17.8 Å². The van der Waals surface area contributed by atoms with Crippen molar-refractivity contribution in [3.05, 3.63) is 0 Å². The molecule has 1 amide bonds. The second-order valence-electron chi connectivity index (χ2n) is 6.76. The number of rotatable bonds is 1. The van der Waals surface area contributed by atoms with Crippen LogP contribution >= 0.6 is 0 Å². The number of carbonyl (C=O) groups excluding carboxylic acids is 1. The van der Waals surface area contributed by atoms with Gasteiger partial charge in [-0.25, -0.2) is 0 Å². The zero-order valence-electron chi connectivity index (χ0n) is 11.1. The molecule has 1 aliphatic heterocycles. The Morgan fingerprint density at radius 1 is 1.11 bits per heavy atom. The predicted octanol–water partition coefficient (Wildman–Crippen LogP) is 2.20. The first-order valence-electron chi connectivity index (χ1n) is 7.71. The van der Waals surface area contributed by atoms with Gasteiger partial charge in [0.05, 0.1) is 18.8 Å². The van der Waals surface area contributed by atoms with Crippen molar-refractivity contribution < 1.29 is 9.53 Å². The van der Waals surface area contributed by atoms with Crippen LogP contribution in [-0.4, -0.2) is 36.1 Å². The number of ether oxygens (including phenoxy) is 1. The monoisotopic (exact) mass is 249 g/mol. The highest BCUT2D eigenvalue weighted by Gasteiger charge is 2.59. The van der Waals surface area contributed by atoms with Crippen LogP contribution in [0.25, 0.3) is 0 Å². The zero-order chi connectivity index (χ0) is 12.2. The fourth-order valence-corrected chi connectivity index (χ4v) is 4.89. The van der Waals surface area contributed by atoms with Crippen molar-refractivity contribution in [1.29, 1.82) is 0 Å². The van der Waals surface area contributed by atoms with E-state index in [1.807, 2.05) is 0 Å². The van der Waals surface area contributed by atoms with E-state index in [1.54, 1.807) is 0 Å². The Labute approximate surface area is 109 Å². The van der Waals surface area contributed by atoms with Gasteiger partial charge in [0, 0.05) is 12.5 Å². The highest BCUT2D eigenvalue weighted by Crippen LogP contribution is 2.58. The molecule has 1 spiro atoms. The summed E-state index contributed by atoms with van der Waals surface area (Å²) in [6.45, 7) is 2.38. The zero-order valence-corrected chi connectivity index (χ0v) is 11.1. The van der Waals surface area contributed by atoms with E-state index in [0.29, 0.717) is 11.8 Å². The molecule has 3 heteroatoms. The summed E-state index contributed by atoms with van der Waals surface area (Å²) >= 11 is 0. The molecule has 2 unspecified atom stereocenters. The molecule has 4 rings (SSSR count). The van der Waals surface area contributed by atoms with E-state index in [0.717, 1.165) is 31.6 Å². The number of fused-ring (bicyclic) bond motifs is 1. The highest BCUT2D eigenvalue weighted by atomic mass is 16.5. The molecule has 1 saturated heterocycles. The van der Waals surface area contributed by atoms with E-state index < -0.39 is 0 Å². The van der Waals surface area contributed by atoms with E-state index >= 15 is 0 Å². The maximum Gasteiger partial charge on any atom is 0.226 e. The van der Waals surface area contributed by atoms with Gasteiger partial charge in [-0.1, -0.05) is 19.3 Å². The van der Waals surface area contributed by atoms with E-state index in [-0.39, 0.29) is 5.54 Å². The Kier molecular flexibility index (Phi) is 2.48. The second kappa shape index (κ2) is 3.96. The Bertz CT molecular complexity index is 352. The summed E-state index contributed by atoms with van der Waals surface area (Å²) < 4.78 is 5.69. The Morgan fingerprint density at radius 3 is 2.56 bits per heavy atom. The molecule has 4 fully saturated rings. The molecule has 1 heterocycles. The second-order valence-corrected chi connectivity index (χ2v) is 6.76. The minimum Gasteiger partial charge on any atom is -0.377 e. The molecule has 3 saturated carbocycles. The molecule has 0 aromatic heterocycles. The number of hydrogen-bond acceptors (Lipinski definition) is 2. The standard InChI is InChI=1S/C15H23NO2/c17-14(13-11-4-3-5-12(11)13)16-8-9-18-10-15(16)6-1-2-7-15/h11-13H,1-10H2. The van der Waals surface area contributed by atoms with E-state index in [2.05, 4.69) is 4.90 Å². The number of carbonyl (C=O) groups is 1. The smallest absolute Gasteiger partial charge is 0.226 e. The molecule has 2 atom stereocenters. The van der Waals surface area contributed by atoms with Crippen molar-refractivity contribution in [1.82, 2.24) is 4.90 Å². The summed E-state index contributed by atoms with van der Waals surface area (Å²) in [5.41, 5.74) is 0.0895. The Balaban J connectivity index is 1.53. The maximum absolute atomic E-state index is 12.8. The van der Waals surface area contributed by atoms with Gasteiger partial charge in [-0.3, -0.25) is 4.79 Å². The normalized spacial score (nSPS) is 41.1. The summed E-state index contributed by atoms with van der Waals surface area (Å²) in [6.07, 6.45) is 8.83. The molecular weight excluding hydrogens is 226 g/mol. The molecule has 0 aromatic carbocycles. The topological polar surface area (TPSA) is 29.5 Å². The van der Waals surface area contributed by atoms with E-state index in [4.69, 9.17) is 4.74 Å². The van der Waals surface area contributed by atoms with Crippen LogP contribution in [0.15, 0.2) is 0 Å². The van der Waals surface area contributed by atoms with E-state index in [9.17, 15) is 4.79 Å². The highest BCUT2D eigenvalue weighted by molar-refractivity contribution is 5.83. The molecule has 100 valence electrons. The lowest BCUT2D eigenvalue weighted by Gasteiger charge is -2.45. The van der Waals surface area contributed by atoms with Crippen LogP contribution in [0.1, 0.15) is 44.9 Å². The summed E-state index contributed by atoms with van der Waals surface area (Å²) in [5.74, 6) is 2.38. The first kappa shape index (κ1) is 11.3. The molecule has 0 bridgehead atoms. The number of nitrogens with zero attached hydrogens (tertiary/aromatic N) is 1. The first-order valence-corrected chi connectivity index (χ1v) is 7.71. The van der Waals surface area contributed by atoms with Crippen molar-refractivity contribution in [3.8, 4) is 0 Å². The van der Waals surface area contributed by atoms with Gasteiger partial charge in [0.2, 0.25) is 5.91 Å². The van der Waals surface area contributed by atoms with Crippen molar-refractivity contribution in [2.75, 3.05) is 19.8 Å². The molecule has 0 aromatic rings.